The molecule has 0 aliphatic heterocycles. The van der Waals surface area contributed by atoms with E-state index in [9.17, 15) is 8.78 Å². The lowest BCUT2D eigenvalue weighted by Crippen LogP contribution is -2.06. The van der Waals surface area contributed by atoms with Gasteiger partial charge in [-0.15, -0.1) is 16.4 Å². The van der Waals surface area contributed by atoms with E-state index in [1.54, 1.807) is 30.4 Å². The van der Waals surface area contributed by atoms with Crippen LogP contribution in [0.2, 0.25) is 0 Å². The minimum atomic E-state index is -2.91. The lowest BCUT2D eigenvalue weighted by molar-refractivity contribution is -0.0514. The summed E-state index contributed by atoms with van der Waals surface area (Å²) < 4.78 is 40.3. The highest BCUT2D eigenvalue weighted by Crippen LogP contribution is 2.31. The summed E-state index contributed by atoms with van der Waals surface area (Å²) >= 11 is 1.57. The number of alkyl halides is 2. The SMILES string of the molecule is CCOc1cc(CNc2nnc(-c3ccc(C)s3)o2)ccc1OC(F)F. The molecule has 0 bridgehead atoms. The lowest BCUT2D eigenvalue weighted by Gasteiger charge is -2.12. The highest BCUT2D eigenvalue weighted by atomic mass is 32.1. The molecule has 3 aromatic rings. The molecule has 0 saturated heterocycles. The first kappa shape index (κ1) is 18.1. The molecule has 138 valence electrons. The molecule has 0 fully saturated rings. The van der Waals surface area contributed by atoms with Crippen LogP contribution in [0.15, 0.2) is 34.7 Å². The quantitative estimate of drug-likeness (QED) is 0.609. The van der Waals surface area contributed by atoms with E-state index < -0.39 is 6.61 Å². The van der Waals surface area contributed by atoms with Crippen molar-refractivity contribution in [3.8, 4) is 22.3 Å². The van der Waals surface area contributed by atoms with Crippen LogP contribution in [0.5, 0.6) is 11.5 Å². The maximum absolute atomic E-state index is 12.4. The molecule has 0 aliphatic rings. The van der Waals surface area contributed by atoms with Gasteiger partial charge in [0.05, 0.1) is 11.5 Å². The average molecular weight is 381 g/mol. The zero-order chi connectivity index (χ0) is 18.5. The Hall–Kier alpha value is -2.68. The summed E-state index contributed by atoms with van der Waals surface area (Å²) in [5.41, 5.74) is 0.793. The van der Waals surface area contributed by atoms with Crippen molar-refractivity contribution in [2.75, 3.05) is 11.9 Å². The van der Waals surface area contributed by atoms with Crippen molar-refractivity contribution in [2.45, 2.75) is 27.0 Å². The minimum Gasteiger partial charge on any atom is -0.490 e. The number of hydrogen-bond donors (Lipinski definition) is 1. The number of aryl methyl sites for hydroxylation is 1. The molecule has 3 rings (SSSR count). The summed E-state index contributed by atoms with van der Waals surface area (Å²) in [7, 11) is 0. The molecule has 6 nitrogen and oxygen atoms in total. The van der Waals surface area contributed by atoms with E-state index in [0.29, 0.717) is 19.0 Å². The fourth-order valence-electron chi connectivity index (χ4n) is 2.25. The molecule has 1 aromatic carbocycles. The van der Waals surface area contributed by atoms with E-state index in [-0.39, 0.29) is 17.5 Å². The smallest absolute Gasteiger partial charge is 0.387 e. The molecule has 0 amide bonds. The Morgan fingerprint density at radius 2 is 2.04 bits per heavy atom. The van der Waals surface area contributed by atoms with E-state index in [4.69, 9.17) is 9.15 Å². The van der Waals surface area contributed by atoms with Crippen LogP contribution in [-0.2, 0) is 6.54 Å². The molecular weight excluding hydrogens is 364 g/mol. The van der Waals surface area contributed by atoms with Gasteiger partial charge in [0.2, 0.25) is 0 Å². The monoisotopic (exact) mass is 381 g/mol. The summed E-state index contributed by atoms with van der Waals surface area (Å²) in [6.07, 6.45) is 0. The number of hydrogen-bond acceptors (Lipinski definition) is 7. The van der Waals surface area contributed by atoms with Crippen molar-refractivity contribution in [1.82, 2.24) is 10.2 Å². The number of nitrogens with one attached hydrogen (secondary N) is 1. The van der Waals surface area contributed by atoms with Crippen LogP contribution >= 0.6 is 11.3 Å². The third-order valence-corrected chi connectivity index (χ3v) is 4.33. The van der Waals surface area contributed by atoms with Crippen LogP contribution < -0.4 is 14.8 Å². The van der Waals surface area contributed by atoms with Crippen molar-refractivity contribution < 1.29 is 22.7 Å². The van der Waals surface area contributed by atoms with E-state index >= 15 is 0 Å². The van der Waals surface area contributed by atoms with Gasteiger partial charge >= 0.3 is 12.6 Å². The molecule has 2 aromatic heterocycles. The lowest BCUT2D eigenvalue weighted by atomic mass is 10.2. The molecule has 26 heavy (non-hydrogen) atoms. The van der Waals surface area contributed by atoms with Gasteiger partial charge in [-0.25, -0.2) is 0 Å². The topological polar surface area (TPSA) is 69.4 Å². The van der Waals surface area contributed by atoms with E-state index in [0.717, 1.165) is 15.3 Å². The molecule has 0 unspecified atom stereocenters. The largest absolute Gasteiger partial charge is 0.490 e. The number of anilines is 1. The Labute approximate surface area is 152 Å². The molecule has 0 spiro atoms. The normalized spacial score (nSPS) is 11.0. The van der Waals surface area contributed by atoms with Gasteiger partial charge in [-0.3, -0.25) is 0 Å². The number of rotatable bonds is 8. The van der Waals surface area contributed by atoms with E-state index in [1.165, 1.54) is 6.07 Å². The van der Waals surface area contributed by atoms with Gasteiger partial charge < -0.3 is 19.2 Å². The number of nitrogens with zero attached hydrogens (tertiary/aromatic N) is 2. The fraction of sp³-hybridized carbons (Fsp3) is 0.294. The van der Waals surface area contributed by atoms with Crippen LogP contribution in [-0.4, -0.2) is 23.4 Å². The van der Waals surface area contributed by atoms with Crippen LogP contribution in [0.1, 0.15) is 17.4 Å². The second-order valence-electron chi connectivity index (χ2n) is 5.27. The molecule has 0 saturated carbocycles. The van der Waals surface area contributed by atoms with Gasteiger partial charge in [0.15, 0.2) is 11.5 Å². The summed E-state index contributed by atoms with van der Waals surface area (Å²) in [5, 5.41) is 11.0. The van der Waals surface area contributed by atoms with Crippen LogP contribution in [0.25, 0.3) is 10.8 Å². The summed E-state index contributed by atoms with van der Waals surface area (Å²) in [6, 6.07) is 8.92. The first-order valence-electron chi connectivity index (χ1n) is 7.90. The molecule has 2 heterocycles. The van der Waals surface area contributed by atoms with Crippen LogP contribution in [0, 0.1) is 6.92 Å². The minimum absolute atomic E-state index is 0.00117. The molecule has 9 heteroatoms. The van der Waals surface area contributed by atoms with Crippen LogP contribution in [0.3, 0.4) is 0 Å². The van der Waals surface area contributed by atoms with Gasteiger partial charge in [0.25, 0.3) is 5.89 Å². The standard InChI is InChI=1S/C17H17F2N3O3S/c1-3-23-13-8-11(5-6-12(13)24-16(18)19)9-20-17-22-21-15(25-17)14-7-4-10(2)26-14/h4-8,16H,3,9H2,1-2H3,(H,20,22). The van der Waals surface area contributed by atoms with Gasteiger partial charge in [0.1, 0.15) is 0 Å². The molecule has 0 atom stereocenters. The Morgan fingerprint density at radius 1 is 1.19 bits per heavy atom. The Morgan fingerprint density at radius 3 is 2.73 bits per heavy atom. The first-order valence-corrected chi connectivity index (χ1v) is 8.71. The van der Waals surface area contributed by atoms with Crippen molar-refractivity contribution in [2.24, 2.45) is 0 Å². The van der Waals surface area contributed by atoms with E-state index in [1.807, 2.05) is 19.1 Å². The third-order valence-electron chi connectivity index (χ3n) is 3.34. The third kappa shape index (κ3) is 4.48. The average Bonchev–Trinajstić information content (AvgIpc) is 3.23. The predicted molar refractivity (Wildman–Crippen MR) is 93.9 cm³/mol. The number of halogens is 2. The second kappa shape index (κ2) is 8.13. The summed E-state index contributed by atoms with van der Waals surface area (Å²) in [4.78, 5) is 2.05. The summed E-state index contributed by atoms with van der Waals surface area (Å²) in [6.45, 7) is 1.56. The molecule has 1 N–H and O–H groups in total. The fourth-order valence-corrected chi connectivity index (χ4v) is 3.03. The first-order chi connectivity index (χ1) is 12.5. The maximum Gasteiger partial charge on any atom is 0.387 e. The zero-order valence-corrected chi connectivity index (χ0v) is 15.0. The molecular formula is C17H17F2N3O3S. The van der Waals surface area contributed by atoms with Crippen LogP contribution in [0.4, 0.5) is 14.8 Å². The predicted octanol–water partition coefficient (Wildman–Crippen LogP) is 4.72. The number of thiophene rings is 1. The highest BCUT2D eigenvalue weighted by molar-refractivity contribution is 7.15. The number of ether oxygens (including phenoxy) is 2. The number of aromatic nitrogens is 2. The van der Waals surface area contributed by atoms with Crippen molar-refractivity contribution in [3.05, 3.63) is 40.8 Å². The maximum atomic E-state index is 12.4. The highest BCUT2D eigenvalue weighted by Gasteiger charge is 2.13. The van der Waals surface area contributed by atoms with Gasteiger partial charge in [-0.2, -0.15) is 8.78 Å². The van der Waals surface area contributed by atoms with Gasteiger partial charge in [0, 0.05) is 11.4 Å². The summed E-state index contributed by atoms with van der Waals surface area (Å²) in [5.74, 6) is 0.701. The van der Waals surface area contributed by atoms with E-state index in [2.05, 4.69) is 20.3 Å². The Kier molecular flexibility index (Phi) is 5.67. The zero-order valence-electron chi connectivity index (χ0n) is 14.2. The Balaban J connectivity index is 1.67. The van der Waals surface area contributed by atoms with Crippen molar-refractivity contribution in [3.63, 3.8) is 0 Å². The van der Waals surface area contributed by atoms with Gasteiger partial charge in [-0.05, 0) is 43.7 Å². The van der Waals surface area contributed by atoms with Crippen molar-refractivity contribution in [1.29, 1.82) is 0 Å². The van der Waals surface area contributed by atoms with Gasteiger partial charge in [-0.1, -0.05) is 11.2 Å². The van der Waals surface area contributed by atoms with Crippen molar-refractivity contribution >= 4 is 17.4 Å². The Bertz CT molecular complexity index is 867. The second-order valence-corrected chi connectivity index (χ2v) is 6.56. The molecule has 0 aliphatic carbocycles. The molecule has 0 radical (unpaired) electrons. The number of benzene rings is 1.